The Morgan fingerprint density at radius 1 is 0.833 bits per heavy atom. The average Bonchev–Trinajstić information content (AvgIpc) is 3.14. The van der Waals surface area contributed by atoms with Crippen molar-refractivity contribution in [3.63, 3.8) is 0 Å². The van der Waals surface area contributed by atoms with Crippen molar-refractivity contribution in [2.75, 3.05) is 26.7 Å². The molecule has 0 heterocycles. The number of hydrogen-bond donors (Lipinski definition) is 0. The quantitative estimate of drug-likeness (QED) is 0.474. The Hall–Kier alpha value is 0.0800. The Balaban J connectivity index is 0. The first kappa shape index (κ1) is 26.3. The molecule has 1 fully saturated rings. The summed E-state index contributed by atoms with van der Waals surface area (Å²) in [6.07, 6.45) is 6.06. The second-order valence-electron chi connectivity index (χ2n) is 6.51. The van der Waals surface area contributed by atoms with Gasteiger partial charge in [0, 0.05) is 0 Å². The van der Waals surface area contributed by atoms with E-state index in [1.165, 1.54) is 31.2 Å². The highest BCUT2D eigenvalue weighted by atomic mass is 31.1. The van der Waals surface area contributed by atoms with Crippen LogP contribution in [0.4, 0.5) is 0 Å². The highest BCUT2D eigenvalue weighted by Gasteiger charge is 2.16. The van der Waals surface area contributed by atoms with E-state index < -0.39 is 0 Å². The van der Waals surface area contributed by atoms with Crippen LogP contribution in [-0.4, -0.2) is 32.3 Å². The van der Waals surface area contributed by atoms with Crippen LogP contribution in [0.5, 0.6) is 0 Å². The van der Waals surface area contributed by atoms with Crippen LogP contribution in [0.1, 0.15) is 78.7 Å². The molecule has 1 aromatic carbocycles. The summed E-state index contributed by atoms with van der Waals surface area (Å²) in [4.78, 5) is 0. The van der Waals surface area contributed by atoms with E-state index in [2.05, 4.69) is 64.8 Å². The summed E-state index contributed by atoms with van der Waals surface area (Å²) in [5.41, 5.74) is 2.65. The van der Waals surface area contributed by atoms with Gasteiger partial charge in [-0.3, -0.25) is 0 Å². The maximum absolute atomic E-state index is 2.41. The van der Waals surface area contributed by atoms with Crippen LogP contribution >= 0.6 is 15.8 Å². The molecule has 0 unspecified atom stereocenters. The van der Waals surface area contributed by atoms with Crippen LogP contribution in [-0.2, 0) is 0 Å². The van der Waals surface area contributed by atoms with Crippen LogP contribution in [0.25, 0.3) is 0 Å². The van der Waals surface area contributed by atoms with Crippen molar-refractivity contribution < 1.29 is 0 Å². The minimum atomic E-state index is 0.0512. The van der Waals surface area contributed by atoms with Crippen molar-refractivity contribution in [1.29, 1.82) is 0 Å². The topological polar surface area (TPSA) is 0 Å². The fourth-order valence-corrected chi connectivity index (χ4v) is 5.43. The van der Waals surface area contributed by atoms with E-state index in [0.29, 0.717) is 13.8 Å². The third kappa shape index (κ3) is 10.8. The Labute approximate surface area is 156 Å². The van der Waals surface area contributed by atoms with Gasteiger partial charge < -0.3 is 0 Å². The highest BCUT2D eigenvalue weighted by Crippen LogP contribution is 2.42. The van der Waals surface area contributed by atoms with Gasteiger partial charge in [0.05, 0.1) is 0 Å². The molecule has 0 atom stereocenters. The van der Waals surface area contributed by atoms with E-state index in [9.17, 15) is 0 Å². The molecule has 24 heavy (non-hydrogen) atoms. The molecule has 2 heteroatoms. The van der Waals surface area contributed by atoms with Crippen molar-refractivity contribution in [3.05, 3.63) is 29.8 Å². The number of benzene rings is 1. The molecular weight excluding hydrogens is 326 g/mol. The molecule has 142 valence electrons. The van der Waals surface area contributed by atoms with E-state index in [4.69, 9.17) is 0 Å². The third-order valence-corrected chi connectivity index (χ3v) is 7.44. The SMILES string of the molecule is CC.CC.CC(C)c1ccccc1P(C)C.CP(C)C1CCCC1. The molecule has 0 nitrogen and oxygen atoms in total. The summed E-state index contributed by atoms with van der Waals surface area (Å²) in [5.74, 6) is 0.658. The fraction of sp³-hybridized carbons (Fsp3) is 0.727. The largest absolute Gasteiger partial charge is 0.110 e. The molecule has 2 rings (SSSR count). The Kier molecular flexibility index (Phi) is 18.1. The number of rotatable bonds is 3. The molecule has 1 aromatic rings. The van der Waals surface area contributed by atoms with Crippen molar-refractivity contribution in [2.45, 2.75) is 78.8 Å². The van der Waals surface area contributed by atoms with Crippen LogP contribution in [0.3, 0.4) is 0 Å². The number of hydrogen-bond acceptors (Lipinski definition) is 0. The normalized spacial score (nSPS) is 13.7. The zero-order valence-electron chi connectivity index (χ0n) is 18.2. The molecule has 0 spiro atoms. The molecule has 0 N–H and O–H groups in total. The molecular formula is C22H44P2. The van der Waals surface area contributed by atoms with E-state index in [1.54, 1.807) is 5.30 Å². The standard InChI is InChI=1S/C11H17P.C7H15P.2C2H6/c1-9(2)10-7-5-6-8-11(10)12(3)4;1-8(2)7-5-3-4-6-7;2*1-2/h5-9H,1-4H3;7H,3-6H2,1-2H3;2*1-2H3. The van der Waals surface area contributed by atoms with Crippen LogP contribution in [0.15, 0.2) is 24.3 Å². The Morgan fingerprint density at radius 2 is 1.29 bits per heavy atom. The van der Waals surface area contributed by atoms with E-state index in [-0.39, 0.29) is 7.92 Å². The van der Waals surface area contributed by atoms with Gasteiger partial charge in [0.2, 0.25) is 0 Å². The van der Waals surface area contributed by atoms with Crippen LogP contribution in [0.2, 0.25) is 0 Å². The first-order chi connectivity index (χ1) is 11.4. The third-order valence-electron chi connectivity index (χ3n) is 4.10. The second kappa shape index (κ2) is 16.5. The monoisotopic (exact) mass is 370 g/mol. The lowest BCUT2D eigenvalue weighted by Gasteiger charge is -2.15. The molecule has 0 bridgehead atoms. The van der Waals surface area contributed by atoms with Gasteiger partial charge in [-0.05, 0) is 61.9 Å². The van der Waals surface area contributed by atoms with Gasteiger partial charge in [-0.2, -0.15) is 0 Å². The first-order valence-corrected chi connectivity index (χ1v) is 14.4. The van der Waals surface area contributed by atoms with Gasteiger partial charge in [-0.25, -0.2) is 0 Å². The molecule has 1 saturated carbocycles. The molecule has 0 amide bonds. The van der Waals surface area contributed by atoms with Gasteiger partial charge in [0.15, 0.2) is 0 Å². The minimum absolute atomic E-state index is 0.0512. The minimum Gasteiger partial charge on any atom is -0.110 e. The summed E-state index contributed by atoms with van der Waals surface area (Å²) in [7, 11) is 0.450. The zero-order valence-corrected chi connectivity index (χ0v) is 20.0. The van der Waals surface area contributed by atoms with Crippen molar-refractivity contribution in [1.82, 2.24) is 0 Å². The molecule has 0 aromatic heterocycles. The lowest BCUT2D eigenvalue weighted by atomic mass is 10.0. The second-order valence-corrected chi connectivity index (χ2v) is 11.4. The van der Waals surface area contributed by atoms with Gasteiger partial charge in [0.25, 0.3) is 0 Å². The fourth-order valence-electron chi connectivity index (χ4n) is 2.80. The van der Waals surface area contributed by atoms with Crippen molar-refractivity contribution >= 4 is 21.1 Å². The summed E-state index contributed by atoms with van der Waals surface area (Å²) >= 11 is 0. The summed E-state index contributed by atoms with van der Waals surface area (Å²) in [5, 5.41) is 1.56. The summed E-state index contributed by atoms with van der Waals surface area (Å²) < 4.78 is 0. The lowest BCUT2D eigenvalue weighted by molar-refractivity contribution is 0.873. The first-order valence-electron chi connectivity index (χ1n) is 9.86. The summed E-state index contributed by atoms with van der Waals surface area (Å²) in [6, 6.07) is 8.80. The molecule has 1 aliphatic rings. The lowest BCUT2D eigenvalue weighted by Crippen LogP contribution is -2.08. The predicted molar refractivity (Wildman–Crippen MR) is 123 cm³/mol. The molecule has 1 aliphatic carbocycles. The zero-order chi connectivity index (χ0) is 19.1. The van der Waals surface area contributed by atoms with Crippen molar-refractivity contribution in [2.24, 2.45) is 0 Å². The van der Waals surface area contributed by atoms with E-state index in [0.717, 1.165) is 5.66 Å². The predicted octanol–water partition coefficient (Wildman–Crippen LogP) is 7.90. The Morgan fingerprint density at radius 3 is 1.58 bits per heavy atom. The maximum Gasteiger partial charge on any atom is -0.0211 e. The molecule has 0 aliphatic heterocycles. The van der Waals surface area contributed by atoms with E-state index >= 15 is 0 Å². The molecule has 0 radical (unpaired) electrons. The van der Waals surface area contributed by atoms with Gasteiger partial charge in [-0.15, -0.1) is 7.92 Å². The van der Waals surface area contributed by atoms with E-state index in [1.807, 2.05) is 27.7 Å². The maximum atomic E-state index is 2.41. The van der Waals surface area contributed by atoms with Crippen LogP contribution < -0.4 is 5.30 Å². The van der Waals surface area contributed by atoms with Crippen molar-refractivity contribution in [3.8, 4) is 0 Å². The van der Waals surface area contributed by atoms with Gasteiger partial charge in [-0.1, -0.05) is 86.6 Å². The highest BCUT2D eigenvalue weighted by molar-refractivity contribution is 7.64. The van der Waals surface area contributed by atoms with Gasteiger partial charge >= 0.3 is 0 Å². The smallest absolute Gasteiger partial charge is 0.0211 e. The Bertz CT molecular complexity index is 350. The summed E-state index contributed by atoms with van der Waals surface area (Å²) in [6.45, 7) is 22.0. The molecule has 0 saturated heterocycles. The average molecular weight is 371 g/mol. The van der Waals surface area contributed by atoms with Crippen LogP contribution in [0, 0.1) is 0 Å². The van der Waals surface area contributed by atoms with Gasteiger partial charge in [0.1, 0.15) is 0 Å².